The van der Waals surface area contributed by atoms with Gasteiger partial charge >= 0.3 is 6.18 Å². The lowest BCUT2D eigenvalue weighted by molar-refractivity contribution is -0.137. The zero-order valence-corrected chi connectivity index (χ0v) is 20.6. The van der Waals surface area contributed by atoms with E-state index in [-0.39, 0.29) is 16.5 Å². The second-order valence-corrected chi connectivity index (χ2v) is 10.6. The highest BCUT2D eigenvalue weighted by Crippen LogP contribution is 2.40. The van der Waals surface area contributed by atoms with Crippen LogP contribution in [0, 0.1) is 5.41 Å². The van der Waals surface area contributed by atoms with Crippen LogP contribution >= 0.6 is 11.6 Å². The van der Waals surface area contributed by atoms with Gasteiger partial charge in [-0.05, 0) is 98.5 Å². The number of fused-ring (bicyclic) bond motifs is 1. The fourth-order valence-electron chi connectivity index (χ4n) is 5.82. The molecule has 1 aliphatic carbocycles. The third kappa shape index (κ3) is 4.98. The predicted molar refractivity (Wildman–Crippen MR) is 131 cm³/mol. The summed E-state index contributed by atoms with van der Waals surface area (Å²) in [5.74, 6) is -0.677. The monoisotopic (exact) mass is 519 g/mol. The van der Waals surface area contributed by atoms with Crippen molar-refractivity contribution in [2.45, 2.75) is 50.7 Å². The van der Waals surface area contributed by atoms with Crippen molar-refractivity contribution in [3.63, 3.8) is 0 Å². The SMILES string of the molecule is O=C(NC1CCc2ccc(C(=O)N3CCC4(CCNCC4)CC3)cc21)c1cc(C(F)(F)F)ccc1Cl. The number of nitrogens with zero attached hydrogens (tertiary/aromatic N) is 1. The van der Waals surface area contributed by atoms with Crippen LogP contribution in [0.5, 0.6) is 0 Å². The van der Waals surface area contributed by atoms with E-state index in [1.54, 1.807) is 0 Å². The van der Waals surface area contributed by atoms with Gasteiger partial charge in [-0.15, -0.1) is 0 Å². The number of rotatable bonds is 3. The van der Waals surface area contributed by atoms with Crippen molar-refractivity contribution in [3.8, 4) is 0 Å². The lowest BCUT2D eigenvalue weighted by atomic mass is 9.71. The minimum absolute atomic E-state index is 0.0144. The zero-order valence-electron chi connectivity index (χ0n) is 19.9. The molecule has 2 heterocycles. The number of likely N-dealkylation sites (tertiary alicyclic amines) is 1. The van der Waals surface area contributed by atoms with Gasteiger partial charge in [-0.25, -0.2) is 0 Å². The first-order valence-corrected chi connectivity index (χ1v) is 12.8. The summed E-state index contributed by atoms with van der Waals surface area (Å²) in [5, 5.41) is 6.20. The summed E-state index contributed by atoms with van der Waals surface area (Å²) in [7, 11) is 0. The summed E-state index contributed by atoms with van der Waals surface area (Å²) in [4.78, 5) is 28.1. The highest BCUT2D eigenvalue weighted by atomic mass is 35.5. The van der Waals surface area contributed by atoms with E-state index >= 15 is 0 Å². The van der Waals surface area contributed by atoms with E-state index in [2.05, 4.69) is 10.6 Å². The molecule has 5 nitrogen and oxygen atoms in total. The second kappa shape index (κ2) is 9.71. The molecular weight excluding hydrogens is 491 g/mol. The number of nitrogens with one attached hydrogen (secondary N) is 2. The molecular formula is C27H29ClF3N3O2. The maximum Gasteiger partial charge on any atom is 0.416 e. The average Bonchev–Trinajstić information content (AvgIpc) is 3.26. The summed E-state index contributed by atoms with van der Waals surface area (Å²) in [6, 6.07) is 7.91. The number of hydrogen-bond acceptors (Lipinski definition) is 3. The summed E-state index contributed by atoms with van der Waals surface area (Å²) >= 11 is 6.05. The van der Waals surface area contributed by atoms with E-state index in [1.807, 2.05) is 23.1 Å². The summed E-state index contributed by atoms with van der Waals surface area (Å²) in [6.45, 7) is 3.56. The normalized spacial score (nSPS) is 21.3. The van der Waals surface area contributed by atoms with Crippen LogP contribution in [0.3, 0.4) is 0 Å². The van der Waals surface area contributed by atoms with Crippen LogP contribution in [-0.4, -0.2) is 42.9 Å². The van der Waals surface area contributed by atoms with Crippen molar-refractivity contribution in [1.82, 2.24) is 15.5 Å². The molecule has 2 saturated heterocycles. The van der Waals surface area contributed by atoms with Crippen LogP contribution in [0.1, 0.15) is 75.6 Å². The Balaban J connectivity index is 1.29. The molecule has 2 aromatic carbocycles. The molecule has 36 heavy (non-hydrogen) atoms. The minimum atomic E-state index is -4.57. The number of alkyl halides is 3. The second-order valence-electron chi connectivity index (χ2n) is 10.2. The third-order valence-electron chi connectivity index (χ3n) is 8.09. The molecule has 192 valence electrons. The fraction of sp³-hybridized carbons (Fsp3) is 0.481. The fourth-order valence-corrected chi connectivity index (χ4v) is 6.02. The van der Waals surface area contributed by atoms with Crippen LogP contribution in [0.4, 0.5) is 13.2 Å². The van der Waals surface area contributed by atoms with Gasteiger partial charge in [0.15, 0.2) is 0 Å². The lowest BCUT2D eigenvalue weighted by Crippen LogP contribution is -2.47. The highest BCUT2D eigenvalue weighted by molar-refractivity contribution is 6.33. The molecule has 1 spiro atoms. The van der Waals surface area contributed by atoms with E-state index in [1.165, 1.54) is 0 Å². The number of hydrogen-bond donors (Lipinski definition) is 2. The van der Waals surface area contributed by atoms with E-state index in [4.69, 9.17) is 11.6 Å². The van der Waals surface area contributed by atoms with E-state index < -0.39 is 23.7 Å². The van der Waals surface area contributed by atoms with E-state index in [0.717, 1.165) is 81.2 Å². The van der Waals surface area contributed by atoms with E-state index in [9.17, 15) is 22.8 Å². The minimum Gasteiger partial charge on any atom is -0.345 e. The van der Waals surface area contributed by atoms with Gasteiger partial charge in [0, 0.05) is 18.7 Å². The van der Waals surface area contributed by atoms with E-state index in [0.29, 0.717) is 23.8 Å². The Morgan fingerprint density at radius 2 is 1.75 bits per heavy atom. The highest BCUT2D eigenvalue weighted by Gasteiger charge is 2.37. The van der Waals surface area contributed by atoms with Crippen LogP contribution < -0.4 is 10.6 Å². The molecule has 1 atom stereocenters. The van der Waals surface area contributed by atoms with Gasteiger partial charge in [-0.1, -0.05) is 17.7 Å². The quantitative estimate of drug-likeness (QED) is 0.572. The Labute approximate surface area is 213 Å². The number of piperidine rings is 2. The van der Waals surface area contributed by atoms with Gasteiger partial charge in [0.1, 0.15) is 0 Å². The Bertz CT molecular complexity index is 1170. The van der Waals surface area contributed by atoms with Gasteiger partial charge in [0.25, 0.3) is 11.8 Å². The summed E-state index contributed by atoms with van der Waals surface area (Å²) < 4.78 is 39.4. The summed E-state index contributed by atoms with van der Waals surface area (Å²) in [5.41, 5.74) is 1.65. The molecule has 2 aromatic rings. The van der Waals surface area contributed by atoms with Crippen LogP contribution in [-0.2, 0) is 12.6 Å². The van der Waals surface area contributed by atoms with Gasteiger partial charge in [0.2, 0.25) is 0 Å². The molecule has 2 aliphatic heterocycles. The zero-order chi connectivity index (χ0) is 25.5. The topological polar surface area (TPSA) is 61.4 Å². The number of benzene rings is 2. The molecule has 1 unspecified atom stereocenters. The van der Waals surface area contributed by atoms with Gasteiger partial charge in [-0.3, -0.25) is 9.59 Å². The van der Waals surface area contributed by atoms with Crippen LogP contribution in [0.25, 0.3) is 0 Å². The molecule has 2 N–H and O–H groups in total. The average molecular weight is 520 g/mol. The number of amides is 2. The molecule has 9 heteroatoms. The molecule has 0 saturated carbocycles. The third-order valence-corrected chi connectivity index (χ3v) is 8.42. The number of halogens is 4. The first-order chi connectivity index (χ1) is 17.2. The molecule has 2 amide bonds. The molecule has 5 rings (SSSR count). The smallest absolute Gasteiger partial charge is 0.345 e. The van der Waals surface area contributed by atoms with Crippen molar-refractivity contribution in [1.29, 1.82) is 0 Å². The standard InChI is InChI=1S/C27H29ClF3N3O2/c28-22-5-4-19(27(29,30)31)16-21(22)24(35)33-23-6-3-17-1-2-18(15-20(17)23)25(36)34-13-9-26(10-14-34)7-11-32-12-8-26/h1-2,4-5,15-16,23,32H,3,6-14H2,(H,33,35). The molecule has 0 aromatic heterocycles. The number of aryl methyl sites for hydroxylation is 1. The first kappa shape index (κ1) is 25.1. The molecule has 3 aliphatic rings. The number of carbonyl (C=O) groups excluding carboxylic acids is 2. The Morgan fingerprint density at radius 3 is 2.44 bits per heavy atom. The van der Waals surface area contributed by atoms with Gasteiger partial charge < -0.3 is 15.5 Å². The summed E-state index contributed by atoms with van der Waals surface area (Å²) in [6.07, 6.45) is 1.09. The Kier molecular flexibility index (Phi) is 6.76. The van der Waals surface area contributed by atoms with Crippen molar-refractivity contribution in [3.05, 3.63) is 69.2 Å². The van der Waals surface area contributed by atoms with Crippen LogP contribution in [0.2, 0.25) is 5.02 Å². The largest absolute Gasteiger partial charge is 0.416 e. The maximum atomic E-state index is 13.3. The molecule has 0 bridgehead atoms. The molecule has 2 fully saturated rings. The predicted octanol–water partition coefficient (Wildman–Crippen LogP) is 5.38. The van der Waals surface area contributed by atoms with Gasteiger partial charge in [-0.2, -0.15) is 13.2 Å². The van der Waals surface area contributed by atoms with Gasteiger partial charge in [0.05, 0.1) is 22.2 Å². The number of carbonyl (C=O) groups is 2. The molecule has 0 radical (unpaired) electrons. The van der Waals surface area contributed by atoms with Crippen molar-refractivity contribution in [2.75, 3.05) is 26.2 Å². The van der Waals surface area contributed by atoms with Crippen molar-refractivity contribution < 1.29 is 22.8 Å². The Morgan fingerprint density at radius 1 is 1.03 bits per heavy atom. The van der Waals surface area contributed by atoms with Crippen LogP contribution in [0.15, 0.2) is 36.4 Å². The van der Waals surface area contributed by atoms with Crippen molar-refractivity contribution in [2.24, 2.45) is 5.41 Å². The Hall–Kier alpha value is -2.58. The first-order valence-electron chi connectivity index (χ1n) is 12.5. The lowest BCUT2D eigenvalue weighted by Gasteiger charge is -2.44. The maximum absolute atomic E-state index is 13.3. The van der Waals surface area contributed by atoms with Crippen molar-refractivity contribution >= 4 is 23.4 Å².